The second-order valence-corrected chi connectivity index (χ2v) is 9.98. The molecule has 1 unspecified atom stereocenters. The lowest BCUT2D eigenvalue weighted by Crippen LogP contribution is -2.51. The van der Waals surface area contributed by atoms with Crippen molar-refractivity contribution < 1.29 is 24.2 Å². The molecule has 2 atom stereocenters. The molecule has 3 rings (SSSR count). The van der Waals surface area contributed by atoms with Crippen LogP contribution in [0.1, 0.15) is 57.5 Å². The summed E-state index contributed by atoms with van der Waals surface area (Å²) in [7, 11) is 0. The van der Waals surface area contributed by atoms with Gasteiger partial charge in [0.15, 0.2) is 11.6 Å². The fraction of sp³-hybridized carbons (Fsp3) is 0.500. The predicted molar refractivity (Wildman–Crippen MR) is 127 cm³/mol. The minimum atomic E-state index is -1.33. The van der Waals surface area contributed by atoms with Crippen molar-refractivity contribution >= 4 is 29.8 Å². The molecule has 34 heavy (non-hydrogen) atoms. The van der Waals surface area contributed by atoms with Gasteiger partial charge in [0.2, 0.25) is 0 Å². The summed E-state index contributed by atoms with van der Waals surface area (Å²) in [6.07, 6.45) is 0.217. The number of aromatic nitrogens is 3. The van der Waals surface area contributed by atoms with Crippen molar-refractivity contribution in [3.63, 3.8) is 0 Å². The van der Waals surface area contributed by atoms with Crippen LogP contribution >= 0.6 is 0 Å². The number of pyridine rings is 1. The van der Waals surface area contributed by atoms with Gasteiger partial charge in [-0.05, 0) is 53.5 Å². The summed E-state index contributed by atoms with van der Waals surface area (Å²) < 4.78 is 17.1. The average molecular weight is 474 g/mol. The predicted octanol–water partition coefficient (Wildman–Crippen LogP) is 4.64. The fourth-order valence-corrected chi connectivity index (χ4v) is 4.65. The third kappa shape index (κ3) is 4.90. The maximum absolute atomic E-state index is 15.2. The maximum Gasteiger partial charge on any atom is 0.407 e. The van der Waals surface area contributed by atoms with Gasteiger partial charge in [-0.1, -0.05) is 12.7 Å². The largest absolute Gasteiger partial charge is 0.481 e. The summed E-state index contributed by atoms with van der Waals surface area (Å²) in [4.78, 5) is 29.4. The van der Waals surface area contributed by atoms with Crippen LogP contribution in [0, 0.1) is 18.2 Å². The minimum absolute atomic E-state index is 0.00903. The lowest BCUT2D eigenvalue weighted by atomic mass is 9.72. The number of anilines is 2. The topological polar surface area (TPSA) is 121 Å². The van der Waals surface area contributed by atoms with Gasteiger partial charge in [-0.2, -0.15) is 5.10 Å². The van der Waals surface area contributed by atoms with Gasteiger partial charge in [-0.15, -0.1) is 0 Å². The zero-order valence-electron chi connectivity index (χ0n) is 20.2. The minimum Gasteiger partial charge on any atom is -0.481 e. The molecule has 0 spiro atoms. The Kier molecular flexibility index (Phi) is 6.73. The Bertz CT molecular complexity index is 1120. The summed E-state index contributed by atoms with van der Waals surface area (Å²) in [5.41, 5.74) is -0.445. The summed E-state index contributed by atoms with van der Waals surface area (Å²) in [6.45, 7) is 13.4. The first-order valence-corrected chi connectivity index (χ1v) is 11.2. The van der Waals surface area contributed by atoms with Gasteiger partial charge < -0.3 is 20.4 Å². The monoisotopic (exact) mass is 473 g/mol. The maximum atomic E-state index is 15.2. The van der Waals surface area contributed by atoms with E-state index in [0.29, 0.717) is 11.6 Å². The average Bonchev–Trinajstić information content (AvgIpc) is 3.10. The Balaban J connectivity index is 1.96. The number of nitrogens with zero attached hydrogens (tertiary/aromatic N) is 4. The van der Waals surface area contributed by atoms with Crippen molar-refractivity contribution in [2.75, 3.05) is 11.9 Å². The Morgan fingerprint density at radius 1 is 1.32 bits per heavy atom. The normalized spacial score (nSPS) is 20.8. The van der Waals surface area contributed by atoms with E-state index in [4.69, 9.17) is 0 Å². The van der Waals surface area contributed by atoms with Crippen molar-refractivity contribution in [1.82, 2.24) is 19.7 Å². The molecule has 1 amide bonds. The highest BCUT2D eigenvalue weighted by molar-refractivity contribution is 5.76. The molecular weight excluding hydrogens is 441 g/mol. The number of piperidine rings is 1. The van der Waals surface area contributed by atoms with Crippen LogP contribution in [0.15, 0.2) is 18.7 Å². The van der Waals surface area contributed by atoms with E-state index in [1.54, 1.807) is 6.92 Å². The van der Waals surface area contributed by atoms with E-state index in [-0.39, 0.29) is 42.6 Å². The number of amides is 1. The molecule has 0 aliphatic carbocycles. The fourth-order valence-electron chi connectivity index (χ4n) is 4.65. The zero-order valence-corrected chi connectivity index (χ0v) is 20.2. The second-order valence-electron chi connectivity index (χ2n) is 9.98. The van der Waals surface area contributed by atoms with Gasteiger partial charge in [-0.25, -0.2) is 14.2 Å². The number of halogens is 1. The first-order chi connectivity index (χ1) is 15.8. The molecule has 3 N–H and O–H groups in total. The van der Waals surface area contributed by atoms with Gasteiger partial charge in [0.05, 0.1) is 16.6 Å². The van der Waals surface area contributed by atoms with Crippen LogP contribution < -0.4 is 5.32 Å². The number of carbonyl (C=O) groups is 2. The number of rotatable bonds is 6. The summed E-state index contributed by atoms with van der Waals surface area (Å²) >= 11 is 0. The number of hydrogen-bond acceptors (Lipinski definition) is 5. The molecule has 1 fully saturated rings. The number of carboxylic acids is 1. The van der Waals surface area contributed by atoms with E-state index in [0.717, 1.165) is 5.69 Å². The summed E-state index contributed by atoms with van der Waals surface area (Å²) in [5, 5.41) is 27.1. The van der Waals surface area contributed by atoms with Crippen molar-refractivity contribution in [2.45, 2.75) is 65.5 Å². The van der Waals surface area contributed by atoms with Gasteiger partial charge in [0, 0.05) is 36.3 Å². The van der Waals surface area contributed by atoms with Crippen LogP contribution in [0.3, 0.4) is 0 Å². The molecule has 9 nitrogen and oxygen atoms in total. The molecular formula is C24H32FN5O4. The van der Waals surface area contributed by atoms with Gasteiger partial charge >= 0.3 is 12.1 Å². The van der Waals surface area contributed by atoms with Crippen molar-refractivity contribution in [3.8, 4) is 0 Å². The third-order valence-electron chi connectivity index (χ3n) is 6.31. The lowest BCUT2D eigenvalue weighted by molar-refractivity contribution is -0.153. The number of nitrogens with one attached hydrogen (secondary N) is 1. The molecule has 0 bridgehead atoms. The van der Waals surface area contributed by atoms with Crippen LogP contribution in [0.2, 0.25) is 0 Å². The molecule has 3 heterocycles. The van der Waals surface area contributed by atoms with E-state index >= 15 is 4.39 Å². The summed E-state index contributed by atoms with van der Waals surface area (Å²) in [6, 6.07) is 2.83. The smallest absolute Gasteiger partial charge is 0.407 e. The van der Waals surface area contributed by atoms with Gasteiger partial charge in [0.25, 0.3) is 0 Å². The molecule has 10 heteroatoms. The Labute approximate surface area is 198 Å². The number of aliphatic carboxylic acids is 1. The SMILES string of the molecule is C=Cc1cc(Nc2cc(C)n(C(C)(C)C)n2)nc(CC2(C(=O)O)CCN(C(=O)O)[C@H](C)C2)c1F. The molecule has 1 aliphatic heterocycles. The van der Waals surface area contributed by atoms with Gasteiger partial charge in [0.1, 0.15) is 5.82 Å². The molecule has 1 aliphatic rings. The lowest BCUT2D eigenvalue weighted by Gasteiger charge is -2.42. The van der Waals surface area contributed by atoms with Crippen LogP contribution in [0.5, 0.6) is 0 Å². The van der Waals surface area contributed by atoms with Crippen LogP contribution in [-0.4, -0.2) is 54.5 Å². The first-order valence-electron chi connectivity index (χ1n) is 11.2. The molecule has 2 aromatic rings. The van der Waals surface area contributed by atoms with E-state index in [1.807, 2.05) is 38.4 Å². The quantitative estimate of drug-likeness (QED) is 0.559. The first kappa shape index (κ1) is 25.2. The van der Waals surface area contributed by atoms with Crippen molar-refractivity contribution in [1.29, 1.82) is 0 Å². The second kappa shape index (κ2) is 9.08. The van der Waals surface area contributed by atoms with Crippen LogP contribution in [-0.2, 0) is 16.8 Å². The van der Waals surface area contributed by atoms with Crippen LogP contribution in [0.25, 0.3) is 6.08 Å². The van der Waals surface area contributed by atoms with Gasteiger partial charge in [-0.3, -0.25) is 9.48 Å². The standard InChI is InChI=1S/C24H32FN5O4/c1-7-16-11-18(27-19-10-14(2)30(28-19)23(4,5)6)26-17(20(16)25)13-24(21(31)32)8-9-29(22(33)34)15(3)12-24/h7,10-11,15H,1,8-9,12-13H2,2-6H3,(H,31,32)(H,33,34)(H,26,27,28)/t15-,24?/m1/s1. The highest BCUT2D eigenvalue weighted by Crippen LogP contribution is 2.39. The zero-order chi connectivity index (χ0) is 25.4. The molecule has 0 saturated carbocycles. The number of hydrogen-bond donors (Lipinski definition) is 3. The van der Waals surface area contributed by atoms with Crippen molar-refractivity contribution in [2.24, 2.45) is 5.41 Å². The Morgan fingerprint density at radius 2 is 2.00 bits per heavy atom. The van der Waals surface area contributed by atoms with E-state index in [9.17, 15) is 19.8 Å². The van der Waals surface area contributed by atoms with E-state index in [2.05, 4.69) is 22.0 Å². The third-order valence-corrected chi connectivity index (χ3v) is 6.31. The van der Waals surface area contributed by atoms with E-state index < -0.39 is 29.3 Å². The van der Waals surface area contributed by atoms with Crippen molar-refractivity contribution in [3.05, 3.63) is 41.5 Å². The van der Waals surface area contributed by atoms with E-state index in [1.165, 1.54) is 17.0 Å². The molecule has 184 valence electrons. The molecule has 1 saturated heterocycles. The Morgan fingerprint density at radius 3 is 2.50 bits per heavy atom. The molecule has 2 aromatic heterocycles. The summed E-state index contributed by atoms with van der Waals surface area (Å²) in [5.74, 6) is -0.875. The highest BCUT2D eigenvalue weighted by atomic mass is 19.1. The number of carboxylic acid groups (broad SMARTS) is 2. The number of likely N-dealkylation sites (tertiary alicyclic amines) is 1. The van der Waals surface area contributed by atoms with Crippen LogP contribution in [0.4, 0.5) is 20.8 Å². The molecule has 0 radical (unpaired) electrons. The number of aryl methyl sites for hydroxylation is 1. The Hall–Kier alpha value is -3.43. The molecule has 0 aromatic carbocycles. The highest BCUT2D eigenvalue weighted by Gasteiger charge is 2.46.